The van der Waals surface area contributed by atoms with E-state index in [0.717, 1.165) is 19.8 Å². The van der Waals surface area contributed by atoms with Gasteiger partial charge in [-0.1, -0.05) is 25.5 Å². The molecule has 1 saturated carbocycles. The van der Waals surface area contributed by atoms with Gasteiger partial charge in [0.05, 0.1) is 0 Å². The summed E-state index contributed by atoms with van der Waals surface area (Å²) in [5, 5.41) is 10.2. The van der Waals surface area contributed by atoms with Crippen LogP contribution in [0.2, 0.25) is 0 Å². The van der Waals surface area contributed by atoms with Crippen molar-refractivity contribution in [2.45, 2.75) is 71.3 Å². The number of halogens is 3. The quantitative estimate of drug-likeness (QED) is 0.727. The lowest BCUT2D eigenvalue weighted by molar-refractivity contribution is -0.281. The third-order valence-electron chi connectivity index (χ3n) is 5.06. The molecule has 4 atom stereocenters. The molecule has 1 rings (SSSR count). The monoisotopic (exact) mass is 350 g/mol. The van der Waals surface area contributed by atoms with Gasteiger partial charge in [-0.25, -0.2) is 0 Å². The number of hydrogen-bond donors (Lipinski definition) is 1. The smallest absolute Gasteiger partial charge is 0.380 e. The SMILES string of the molecule is CO[C@@H]1C(=O)CC[C@H](C(C)(O)C(F)(F)F)[C@H]1/C(C)=C/CCC(C)C. The average Bonchev–Trinajstić information content (AvgIpc) is 2.44. The first-order valence-electron chi connectivity index (χ1n) is 8.44. The van der Waals surface area contributed by atoms with Crippen molar-refractivity contribution in [3.8, 4) is 0 Å². The molecule has 0 saturated heterocycles. The molecule has 1 N–H and O–H groups in total. The second-order valence-corrected chi connectivity index (χ2v) is 7.36. The van der Waals surface area contributed by atoms with E-state index in [-0.39, 0.29) is 18.6 Å². The van der Waals surface area contributed by atoms with Gasteiger partial charge in [-0.2, -0.15) is 13.2 Å². The lowest BCUT2D eigenvalue weighted by Crippen LogP contribution is -2.56. The largest absolute Gasteiger partial charge is 0.417 e. The minimum absolute atomic E-state index is 0.00519. The third-order valence-corrected chi connectivity index (χ3v) is 5.06. The Morgan fingerprint density at radius 1 is 1.42 bits per heavy atom. The fraction of sp³-hybridized carbons (Fsp3) is 0.833. The number of methoxy groups -OCH3 is 1. The molecule has 0 aromatic rings. The Bertz CT molecular complexity index is 467. The van der Waals surface area contributed by atoms with Gasteiger partial charge in [0.2, 0.25) is 0 Å². The molecule has 1 aliphatic carbocycles. The van der Waals surface area contributed by atoms with Gasteiger partial charge < -0.3 is 9.84 Å². The van der Waals surface area contributed by atoms with Crippen LogP contribution >= 0.6 is 0 Å². The summed E-state index contributed by atoms with van der Waals surface area (Å²) < 4.78 is 45.3. The summed E-state index contributed by atoms with van der Waals surface area (Å²) in [7, 11) is 1.33. The molecule has 0 heterocycles. The Morgan fingerprint density at radius 3 is 2.46 bits per heavy atom. The standard InChI is InChI=1S/C18H29F3O3/c1-11(2)7-6-8-12(3)15-13(17(4,23)18(19,20)21)9-10-14(22)16(15)24-5/h8,11,13,15-16,23H,6-7,9-10H2,1-5H3/b12-8+/t13-,15+,16+,17?/m0/s1. The summed E-state index contributed by atoms with van der Waals surface area (Å²) in [6.45, 7) is 6.68. The Kier molecular flexibility index (Phi) is 7.05. The molecule has 1 aliphatic rings. The van der Waals surface area contributed by atoms with Crippen LogP contribution in [-0.2, 0) is 9.53 Å². The number of alkyl halides is 3. The van der Waals surface area contributed by atoms with Crippen molar-refractivity contribution in [3.63, 3.8) is 0 Å². The highest BCUT2D eigenvalue weighted by Crippen LogP contribution is 2.47. The second-order valence-electron chi connectivity index (χ2n) is 7.36. The van der Waals surface area contributed by atoms with Crippen molar-refractivity contribution in [2.24, 2.45) is 17.8 Å². The summed E-state index contributed by atoms with van der Waals surface area (Å²) in [5.41, 5.74) is -2.17. The molecule has 0 radical (unpaired) electrons. The summed E-state index contributed by atoms with van der Waals surface area (Å²) in [5.74, 6) is -1.59. The first-order chi connectivity index (χ1) is 10.9. The highest BCUT2D eigenvalue weighted by molar-refractivity contribution is 5.84. The predicted molar refractivity (Wildman–Crippen MR) is 86.5 cm³/mol. The average molecular weight is 350 g/mol. The topological polar surface area (TPSA) is 46.5 Å². The molecule has 0 aliphatic heterocycles. The van der Waals surface area contributed by atoms with Crippen LogP contribution in [0.5, 0.6) is 0 Å². The number of aliphatic hydroxyl groups is 1. The highest BCUT2D eigenvalue weighted by atomic mass is 19.4. The maximum atomic E-state index is 13.3. The van der Waals surface area contributed by atoms with Gasteiger partial charge in [0.1, 0.15) is 6.10 Å². The number of ether oxygens (including phenoxy) is 1. The van der Waals surface area contributed by atoms with E-state index in [1.54, 1.807) is 6.92 Å². The minimum Gasteiger partial charge on any atom is -0.380 e. The molecular formula is C18H29F3O3. The molecule has 0 bridgehead atoms. The number of rotatable bonds is 6. The fourth-order valence-corrected chi connectivity index (χ4v) is 3.49. The van der Waals surface area contributed by atoms with Crippen molar-refractivity contribution in [3.05, 3.63) is 11.6 Å². The van der Waals surface area contributed by atoms with Crippen LogP contribution in [0.15, 0.2) is 11.6 Å². The van der Waals surface area contributed by atoms with Gasteiger partial charge in [0.25, 0.3) is 0 Å². The van der Waals surface area contributed by atoms with E-state index in [1.807, 2.05) is 6.08 Å². The van der Waals surface area contributed by atoms with E-state index in [1.165, 1.54) is 7.11 Å². The molecule has 0 aromatic carbocycles. The summed E-state index contributed by atoms with van der Waals surface area (Å²) in [6, 6.07) is 0. The predicted octanol–water partition coefficient (Wildman–Crippen LogP) is 4.29. The van der Waals surface area contributed by atoms with Crippen LogP contribution in [0.25, 0.3) is 0 Å². The van der Waals surface area contributed by atoms with E-state index >= 15 is 0 Å². The molecule has 1 unspecified atom stereocenters. The normalized spacial score (nSPS) is 29.0. The zero-order chi connectivity index (χ0) is 18.7. The molecule has 0 spiro atoms. The van der Waals surface area contributed by atoms with Crippen molar-refractivity contribution in [1.82, 2.24) is 0 Å². The van der Waals surface area contributed by atoms with Crippen LogP contribution in [0.4, 0.5) is 13.2 Å². The molecule has 1 fully saturated rings. The second kappa shape index (κ2) is 8.00. The Balaban J connectivity index is 3.18. The molecule has 0 aromatic heterocycles. The summed E-state index contributed by atoms with van der Waals surface area (Å²) >= 11 is 0. The van der Waals surface area contributed by atoms with Crippen molar-refractivity contribution >= 4 is 5.78 Å². The number of carbonyl (C=O) groups is 1. The zero-order valence-corrected chi connectivity index (χ0v) is 15.1. The Hall–Kier alpha value is -0.880. The minimum atomic E-state index is -4.76. The Morgan fingerprint density at radius 2 is 2.00 bits per heavy atom. The Labute approximate surface area is 142 Å². The van der Waals surface area contributed by atoms with Crippen LogP contribution in [-0.4, -0.2) is 35.9 Å². The molecule has 140 valence electrons. The summed E-state index contributed by atoms with van der Waals surface area (Å²) in [4.78, 5) is 12.1. The summed E-state index contributed by atoms with van der Waals surface area (Å²) in [6.07, 6.45) is -2.17. The molecule has 0 amide bonds. The van der Waals surface area contributed by atoms with Gasteiger partial charge in [-0.05, 0) is 39.0 Å². The molecular weight excluding hydrogens is 321 g/mol. The van der Waals surface area contributed by atoms with Crippen molar-refractivity contribution in [1.29, 1.82) is 0 Å². The number of carbonyl (C=O) groups excluding carboxylic acids is 1. The number of hydrogen-bond acceptors (Lipinski definition) is 3. The maximum Gasteiger partial charge on any atom is 0.417 e. The fourth-order valence-electron chi connectivity index (χ4n) is 3.49. The molecule has 3 nitrogen and oxygen atoms in total. The first kappa shape index (κ1) is 21.2. The van der Waals surface area contributed by atoms with Gasteiger partial charge in [0.15, 0.2) is 11.4 Å². The molecule has 6 heteroatoms. The van der Waals surface area contributed by atoms with Crippen molar-refractivity contribution < 1.29 is 27.8 Å². The van der Waals surface area contributed by atoms with E-state index < -0.39 is 29.7 Å². The number of allylic oxidation sites excluding steroid dienone is 1. The van der Waals surface area contributed by atoms with Gasteiger partial charge in [-0.15, -0.1) is 0 Å². The van der Waals surface area contributed by atoms with E-state index in [9.17, 15) is 23.1 Å². The van der Waals surface area contributed by atoms with Crippen LogP contribution < -0.4 is 0 Å². The van der Waals surface area contributed by atoms with Crippen LogP contribution in [0, 0.1) is 17.8 Å². The van der Waals surface area contributed by atoms with Gasteiger partial charge in [-0.3, -0.25) is 4.79 Å². The van der Waals surface area contributed by atoms with Gasteiger partial charge >= 0.3 is 6.18 Å². The number of Topliss-reactive ketones (excluding diaryl/α,β-unsaturated/α-hetero) is 1. The lowest BCUT2D eigenvalue weighted by Gasteiger charge is -2.44. The first-order valence-corrected chi connectivity index (χ1v) is 8.44. The van der Waals surface area contributed by atoms with Crippen LogP contribution in [0.1, 0.15) is 53.4 Å². The molecule has 24 heavy (non-hydrogen) atoms. The zero-order valence-electron chi connectivity index (χ0n) is 15.1. The third kappa shape index (κ3) is 4.60. The van der Waals surface area contributed by atoms with E-state index in [4.69, 9.17) is 4.74 Å². The van der Waals surface area contributed by atoms with E-state index in [0.29, 0.717) is 11.5 Å². The maximum absolute atomic E-state index is 13.3. The van der Waals surface area contributed by atoms with Crippen LogP contribution in [0.3, 0.4) is 0 Å². The van der Waals surface area contributed by atoms with Crippen molar-refractivity contribution in [2.75, 3.05) is 7.11 Å². The highest BCUT2D eigenvalue weighted by Gasteiger charge is 2.59. The van der Waals surface area contributed by atoms with E-state index in [2.05, 4.69) is 13.8 Å². The lowest BCUT2D eigenvalue weighted by atomic mass is 9.66. The van der Waals surface area contributed by atoms with Gasteiger partial charge in [0, 0.05) is 25.4 Å². The number of ketones is 1.